The van der Waals surface area contributed by atoms with Gasteiger partial charge < -0.3 is 0 Å². The van der Waals surface area contributed by atoms with Crippen LogP contribution in [0.25, 0.3) is 6.08 Å². The lowest BCUT2D eigenvalue weighted by Gasteiger charge is -1.98. The van der Waals surface area contributed by atoms with E-state index in [2.05, 4.69) is 0 Å². The molecule has 0 unspecified atom stereocenters. The molecule has 0 amide bonds. The highest BCUT2D eigenvalue weighted by Crippen LogP contribution is 2.10. The van der Waals surface area contributed by atoms with Crippen molar-refractivity contribution in [3.8, 4) is 6.07 Å². The average Bonchev–Trinajstić information content (AvgIpc) is 2.53. The quantitative estimate of drug-likeness (QED) is 0.364. The fourth-order valence-electron chi connectivity index (χ4n) is 1.74. The molecule has 0 N–H and O–H groups in total. The normalized spacial score (nSPS) is 11.3. The first-order chi connectivity index (χ1) is 10.2. The zero-order valence-corrected chi connectivity index (χ0v) is 11.2. The molecule has 0 atom stereocenters. The van der Waals surface area contributed by atoms with Gasteiger partial charge in [-0.1, -0.05) is 42.5 Å². The molecule has 0 radical (unpaired) electrons. The molecule has 0 fully saturated rings. The van der Waals surface area contributed by atoms with E-state index in [1.54, 1.807) is 12.2 Å². The van der Waals surface area contributed by atoms with Gasteiger partial charge in [-0.15, -0.1) is 0 Å². The van der Waals surface area contributed by atoms with Crippen LogP contribution >= 0.6 is 0 Å². The summed E-state index contributed by atoms with van der Waals surface area (Å²) in [5.41, 5.74) is 1.27. The van der Waals surface area contributed by atoms with Gasteiger partial charge in [0.2, 0.25) is 5.78 Å². The number of Topliss-reactive ketones (excluding diaryl/α,β-unsaturated/α-hetero) is 1. The number of nitrogens with zero attached hydrogens (tertiary/aromatic N) is 1. The minimum absolute atomic E-state index is 0.00814. The molecule has 0 saturated heterocycles. The Kier molecular flexibility index (Phi) is 4.79. The molecule has 2 aromatic rings. The van der Waals surface area contributed by atoms with Gasteiger partial charge in [-0.3, -0.25) is 4.79 Å². The van der Waals surface area contributed by atoms with E-state index in [9.17, 15) is 9.18 Å². The third kappa shape index (κ3) is 3.99. The van der Waals surface area contributed by atoms with Crippen molar-refractivity contribution in [1.82, 2.24) is 0 Å². The molecular weight excluding hydrogens is 265 g/mol. The van der Waals surface area contributed by atoms with Crippen molar-refractivity contribution in [3.63, 3.8) is 0 Å². The maximum Gasteiger partial charge on any atom is 0.203 e. The summed E-state index contributed by atoms with van der Waals surface area (Å²) < 4.78 is 12.8. The molecular formula is C18H12FNO. The number of carbonyl (C=O) groups excluding carboxylic acids is 1. The van der Waals surface area contributed by atoms with E-state index in [4.69, 9.17) is 5.26 Å². The SMILES string of the molecule is N#C/C(=C\C=C\c1ccccc1)C(=O)c1ccc(F)cc1. The van der Waals surface area contributed by atoms with Crippen molar-refractivity contribution in [1.29, 1.82) is 5.26 Å². The van der Waals surface area contributed by atoms with Crippen LogP contribution in [0.15, 0.2) is 72.3 Å². The van der Waals surface area contributed by atoms with Crippen LogP contribution in [-0.4, -0.2) is 5.78 Å². The summed E-state index contributed by atoms with van der Waals surface area (Å²) in [6, 6.07) is 16.5. The van der Waals surface area contributed by atoms with Gasteiger partial charge in [0.1, 0.15) is 11.9 Å². The molecule has 0 aliphatic carbocycles. The highest BCUT2D eigenvalue weighted by Gasteiger charge is 2.10. The summed E-state index contributed by atoms with van der Waals surface area (Å²) in [6.07, 6.45) is 4.91. The van der Waals surface area contributed by atoms with Crippen LogP contribution < -0.4 is 0 Å². The number of carbonyl (C=O) groups is 1. The van der Waals surface area contributed by atoms with Gasteiger partial charge in [-0.05, 0) is 35.9 Å². The maximum absolute atomic E-state index is 12.8. The number of allylic oxidation sites excluding steroid dienone is 3. The van der Waals surface area contributed by atoms with Gasteiger partial charge in [0.15, 0.2) is 0 Å². The van der Waals surface area contributed by atoms with Crippen LogP contribution in [0.5, 0.6) is 0 Å². The summed E-state index contributed by atoms with van der Waals surface area (Å²) in [5, 5.41) is 9.06. The third-order valence-electron chi connectivity index (χ3n) is 2.82. The molecule has 0 heterocycles. The molecule has 102 valence electrons. The Labute approximate surface area is 122 Å². The standard InChI is InChI=1S/C18H12FNO/c19-17-11-9-15(10-12-17)18(21)16(13-20)8-4-7-14-5-2-1-3-6-14/h1-12H/b7-4+,16-8+. The number of rotatable bonds is 4. The molecule has 3 heteroatoms. The van der Waals surface area contributed by atoms with E-state index in [1.807, 2.05) is 36.4 Å². The molecule has 0 aliphatic rings. The van der Waals surface area contributed by atoms with Gasteiger partial charge in [0.25, 0.3) is 0 Å². The molecule has 0 aliphatic heterocycles. The molecule has 0 aromatic heterocycles. The molecule has 21 heavy (non-hydrogen) atoms. The largest absolute Gasteiger partial charge is 0.288 e. The van der Waals surface area contributed by atoms with E-state index in [0.717, 1.165) is 5.56 Å². The second-order valence-electron chi connectivity index (χ2n) is 4.30. The monoisotopic (exact) mass is 277 g/mol. The number of ketones is 1. The Morgan fingerprint density at radius 3 is 2.33 bits per heavy atom. The lowest BCUT2D eigenvalue weighted by atomic mass is 10.0. The van der Waals surface area contributed by atoms with Gasteiger partial charge >= 0.3 is 0 Å². The van der Waals surface area contributed by atoms with Crippen molar-refractivity contribution in [2.75, 3.05) is 0 Å². The molecule has 2 aromatic carbocycles. The van der Waals surface area contributed by atoms with Gasteiger partial charge in [-0.2, -0.15) is 5.26 Å². The predicted octanol–water partition coefficient (Wildman–Crippen LogP) is 4.17. The summed E-state index contributed by atoms with van der Waals surface area (Å²) in [5.74, 6) is -0.840. The minimum atomic E-state index is -0.421. The van der Waals surface area contributed by atoms with E-state index in [1.165, 1.54) is 30.3 Å². The summed E-state index contributed by atoms with van der Waals surface area (Å²) in [4.78, 5) is 12.1. The number of nitriles is 1. The van der Waals surface area contributed by atoms with Crippen molar-refractivity contribution >= 4 is 11.9 Å². The van der Waals surface area contributed by atoms with E-state index < -0.39 is 11.6 Å². The molecule has 0 saturated carbocycles. The number of hydrogen-bond donors (Lipinski definition) is 0. The Bertz CT molecular complexity index is 722. The average molecular weight is 277 g/mol. The van der Waals surface area contributed by atoms with Crippen LogP contribution in [-0.2, 0) is 0 Å². The second-order valence-corrected chi connectivity index (χ2v) is 4.30. The van der Waals surface area contributed by atoms with E-state index >= 15 is 0 Å². The van der Waals surface area contributed by atoms with Crippen LogP contribution in [0, 0.1) is 17.1 Å². The van der Waals surface area contributed by atoms with E-state index in [-0.39, 0.29) is 11.1 Å². The van der Waals surface area contributed by atoms with Crippen LogP contribution in [0.3, 0.4) is 0 Å². The Hall–Kier alpha value is -2.99. The predicted molar refractivity (Wildman–Crippen MR) is 79.9 cm³/mol. The summed E-state index contributed by atoms with van der Waals surface area (Å²) >= 11 is 0. The highest BCUT2D eigenvalue weighted by atomic mass is 19.1. The number of hydrogen-bond acceptors (Lipinski definition) is 2. The molecule has 2 nitrogen and oxygen atoms in total. The van der Waals surface area contributed by atoms with Crippen molar-refractivity contribution in [2.45, 2.75) is 0 Å². The first-order valence-corrected chi connectivity index (χ1v) is 6.34. The Balaban J connectivity index is 2.18. The lowest BCUT2D eigenvalue weighted by molar-refractivity contribution is 0.103. The highest BCUT2D eigenvalue weighted by molar-refractivity contribution is 6.11. The summed E-state index contributed by atoms with van der Waals surface area (Å²) in [7, 11) is 0. The van der Waals surface area contributed by atoms with Crippen molar-refractivity contribution in [3.05, 3.63) is 89.3 Å². The molecule has 0 bridgehead atoms. The van der Waals surface area contributed by atoms with Gasteiger partial charge in [0.05, 0.1) is 5.57 Å². The van der Waals surface area contributed by atoms with Crippen LogP contribution in [0.4, 0.5) is 4.39 Å². The zero-order chi connectivity index (χ0) is 15.1. The van der Waals surface area contributed by atoms with Gasteiger partial charge in [0, 0.05) is 5.56 Å². The smallest absolute Gasteiger partial charge is 0.203 e. The topological polar surface area (TPSA) is 40.9 Å². The second kappa shape index (κ2) is 6.97. The van der Waals surface area contributed by atoms with Crippen LogP contribution in [0.2, 0.25) is 0 Å². The van der Waals surface area contributed by atoms with Gasteiger partial charge in [-0.25, -0.2) is 4.39 Å². The minimum Gasteiger partial charge on any atom is -0.288 e. The first-order valence-electron chi connectivity index (χ1n) is 6.34. The fraction of sp³-hybridized carbons (Fsp3) is 0. The lowest BCUT2D eigenvalue weighted by Crippen LogP contribution is -2.01. The molecule has 0 spiro atoms. The Morgan fingerprint density at radius 1 is 1.05 bits per heavy atom. The zero-order valence-electron chi connectivity index (χ0n) is 11.2. The van der Waals surface area contributed by atoms with Crippen molar-refractivity contribution < 1.29 is 9.18 Å². The number of halogens is 1. The maximum atomic E-state index is 12.8. The molecule has 2 rings (SSSR count). The fourth-order valence-corrected chi connectivity index (χ4v) is 1.74. The van der Waals surface area contributed by atoms with E-state index in [0.29, 0.717) is 0 Å². The third-order valence-corrected chi connectivity index (χ3v) is 2.82. The van der Waals surface area contributed by atoms with Crippen molar-refractivity contribution in [2.24, 2.45) is 0 Å². The number of benzene rings is 2. The Morgan fingerprint density at radius 2 is 1.71 bits per heavy atom. The first kappa shape index (κ1) is 14.4. The van der Waals surface area contributed by atoms with Crippen LogP contribution in [0.1, 0.15) is 15.9 Å². The summed E-state index contributed by atoms with van der Waals surface area (Å²) in [6.45, 7) is 0.